The van der Waals surface area contributed by atoms with Crippen LogP contribution in [0.25, 0.3) is 5.69 Å². The minimum Gasteiger partial charge on any atom is -0.406 e. The molecule has 3 aromatic rings. The lowest BCUT2D eigenvalue weighted by molar-refractivity contribution is -0.139. The highest BCUT2D eigenvalue weighted by molar-refractivity contribution is 7.99. The molecule has 0 radical (unpaired) electrons. The Balaban J connectivity index is 1.72. The van der Waals surface area contributed by atoms with E-state index in [2.05, 4.69) is 31.2 Å². The fraction of sp³-hybridized carbons (Fsp3) is 0.304. The fourth-order valence-electron chi connectivity index (χ4n) is 3.51. The van der Waals surface area contributed by atoms with Gasteiger partial charge in [0.2, 0.25) is 5.88 Å². The van der Waals surface area contributed by atoms with Gasteiger partial charge in [-0.2, -0.15) is 9.78 Å². The van der Waals surface area contributed by atoms with Crippen LogP contribution in [-0.2, 0) is 4.79 Å². The maximum Gasteiger partial charge on any atom is 0.315 e. The predicted octanol–water partition coefficient (Wildman–Crippen LogP) is 5.74. The lowest BCUT2D eigenvalue weighted by Gasteiger charge is -2.13. The quantitative estimate of drug-likeness (QED) is 0.520. The molecule has 1 aliphatic carbocycles. The van der Waals surface area contributed by atoms with Crippen molar-refractivity contribution in [2.75, 3.05) is 0 Å². The zero-order chi connectivity index (χ0) is 19.5. The molecule has 0 unspecified atom stereocenters. The van der Waals surface area contributed by atoms with Gasteiger partial charge < -0.3 is 4.74 Å². The molecule has 0 N–H and O–H groups in total. The monoisotopic (exact) mass is 392 g/mol. The number of rotatable bonds is 5. The van der Waals surface area contributed by atoms with Gasteiger partial charge in [0.1, 0.15) is 0 Å². The van der Waals surface area contributed by atoms with Crippen molar-refractivity contribution in [2.45, 2.75) is 49.3 Å². The zero-order valence-electron chi connectivity index (χ0n) is 16.2. The summed E-state index contributed by atoms with van der Waals surface area (Å²) in [6, 6.07) is 18.2. The molecule has 1 aliphatic rings. The van der Waals surface area contributed by atoms with Crippen molar-refractivity contribution < 1.29 is 9.53 Å². The molecule has 0 aliphatic heterocycles. The number of hydrogen-bond donors (Lipinski definition) is 0. The van der Waals surface area contributed by atoms with Gasteiger partial charge in [-0.3, -0.25) is 4.79 Å². The van der Waals surface area contributed by atoms with E-state index in [4.69, 9.17) is 9.84 Å². The Morgan fingerprint density at radius 2 is 1.71 bits per heavy atom. The van der Waals surface area contributed by atoms with E-state index >= 15 is 0 Å². The van der Waals surface area contributed by atoms with Gasteiger partial charge in [0.05, 0.1) is 22.2 Å². The topological polar surface area (TPSA) is 44.1 Å². The van der Waals surface area contributed by atoms with Gasteiger partial charge in [-0.15, -0.1) is 0 Å². The van der Waals surface area contributed by atoms with Gasteiger partial charge >= 0.3 is 5.97 Å². The van der Waals surface area contributed by atoms with Crippen LogP contribution in [0.15, 0.2) is 64.4 Å². The molecule has 0 bridgehead atoms. The van der Waals surface area contributed by atoms with Crippen molar-refractivity contribution in [3.8, 4) is 11.6 Å². The Bertz CT molecular complexity index is 958. The Kier molecular flexibility index (Phi) is 5.53. The Morgan fingerprint density at radius 1 is 1.04 bits per heavy atom. The third-order valence-electron chi connectivity index (χ3n) is 5.09. The molecule has 1 aromatic heterocycles. The van der Waals surface area contributed by atoms with Crippen LogP contribution in [0.5, 0.6) is 5.88 Å². The second kappa shape index (κ2) is 8.23. The lowest BCUT2D eigenvalue weighted by Crippen LogP contribution is -2.19. The maximum atomic E-state index is 12.8. The predicted molar refractivity (Wildman–Crippen MR) is 111 cm³/mol. The van der Waals surface area contributed by atoms with Crippen molar-refractivity contribution in [3.05, 3.63) is 65.9 Å². The van der Waals surface area contributed by atoms with E-state index in [9.17, 15) is 4.79 Å². The van der Waals surface area contributed by atoms with Crippen LogP contribution >= 0.6 is 11.8 Å². The summed E-state index contributed by atoms with van der Waals surface area (Å²) in [5.41, 5.74) is 2.95. The molecule has 1 saturated carbocycles. The summed E-state index contributed by atoms with van der Waals surface area (Å²) < 4.78 is 7.72. The maximum absolute atomic E-state index is 12.8. The summed E-state index contributed by atoms with van der Waals surface area (Å²) in [5, 5.41) is 4.69. The highest BCUT2D eigenvalue weighted by Crippen LogP contribution is 2.40. The summed E-state index contributed by atoms with van der Waals surface area (Å²) in [5.74, 6) is 0.378. The van der Waals surface area contributed by atoms with E-state index in [1.54, 1.807) is 16.4 Å². The van der Waals surface area contributed by atoms with Crippen molar-refractivity contribution in [3.63, 3.8) is 0 Å². The minimum atomic E-state index is -0.139. The van der Waals surface area contributed by atoms with Gasteiger partial charge in [0.15, 0.2) is 0 Å². The van der Waals surface area contributed by atoms with Crippen LogP contribution in [-0.4, -0.2) is 15.7 Å². The average Bonchev–Trinajstić information content (AvgIpc) is 3.34. The van der Waals surface area contributed by atoms with Crippen molar-refractivity contribution in [1.82, 2.24) is 9.78 Å². The minimum absolute atomic E-state index is 0.00310. The van der Waals surface area contributed by atoms with Crippen molar-refractivity contribution in [1.29, 1.82) is 0 Å². The van der Waals surface area contributed by atoms with Crippen LogP contribution in [0.3, 0.4) is 0 Å². The normalized spacial score (nSPS) is 14.4. The molecular formula is C23H24N2O2S. The molecule has 0 amide bonds. The van der Waals surface area contributed by atoms with E-state index in [0.29, 0.717) is 5.88 Å². The number of carbonyl (C=O) groups excluding carboxylic acids is 1. The smallest absolute Gasteiger partial charge is 0.315 e. The molecule has 2 aromatic carbocycles. The third-order valence-corrected chi connectivity index (χ3v) is 6.27. The number of nitrogens with zero attached hydrogens (tertiary/aromatic N) is 2. The van der Waals surface area contributed by atoms with E-state index in [1.807, 2.05) is 37.3 Å². The first-order chi connectivity index (χ1) is 13.6. The van der Waals surface area contributed by atoms with Crippen LogP contribution in [0.2, 0.25) is 0 Å². The second-order valence-electron chi connectivity index (χ2n) is 7.28. The SMILES string of the molecule is Cc1ccc(Sc2c(C)nn(-c3ccccc3)c2OC(=O)C2CCCC2)cc1. The van der Waals surface area contributed by atoms with Gasteiger partial charge in [-0.25, -0.2) is 0 Å². The lowest BCUT2D eigenvalue weighted by atomic mass is 10.1. The van der Waals surface area contributed by atoms with Gasteiger partial charge in [-0.05, 0) is 51.0 Å². The Morgan fingerprint density at radius 3 is 2.39 bits per heavy atom. The number of hydrogen-bond acceptors (Lipinski definition) is 4. The first kappa shape index (κ1) is 18.8. The molecule has 4 nitrogen and oxygen atoms in total. The number of para-hydroxylation sites is 1. The van der Waals surface area contributed by atoms with Crippen LogP contribution in [0.4, 0.5) is 0 Å². The molecule has 1 fully saturated rings. The summed E-state index contributed by atoms with van der Waals surface area (Å²) in [7, 11) is 0. The summed E-state index contributed by atoms with van der Waals surface area (Å²) >= 11 is 1.59. The van der Waals surface area contributed by atoms with Gasteiger partial charge in [0.25, 0.3) is 0 Å². The van der Waals surface area contributed by atoms with Crippen LogP contribution < -0.4 is 4.74 Å². The number of aryl methyl sites for hydroxylation is 2. The fourth-order valence-corrected chi connectivity index (χ4v) is 4.42. The first-order valence-corrected chi connectivity index (χ1v) is 10.5. The Hall–Kier alpha value is -2.53. The largest absolute Gasteiger partial charge is 0.406 e. The van der Waals surface area contributed by atoms with E-state index < -0.39 is 0 Å². The van der Waals surface area contributed by atoms with Crippen LogP contribution in [0, 0.1) is 19.8 Å². The van der Waals surface area contributed by atoms with E-state index in [0.717, 1.165) is 46.9 Å². The molecule has 0 atom stereocenters. The summed E-state index contributed by atoms with van der Waals surface area (Å²) in [6.45, 7) is 4.03. The molecule has 4 rings (SSSR count). The molecule has 0 saturated heterocycles. The van der Waals surface area contributed by atoms with Gasteiger partial charge in [0, 0.05) is 4.90 Å². The number of ether oxygens (including phenoxy) is 1. The summed E-state index contributed by atoms with van der Waals surface area (Å²) in [4.78, 5) is 14.8. The highest BCUT2D eigenvalue weighted by Gasteiger charge is 2.28. The number of benzene rings is 2. The molecule has 5 heteroatoms. The second-order valence-corrected chi connectivity index (χ2v) is 8.37. The van der Waals surface area contributed by atoms with Crippen molar-refractivity contribution >= 4 is 17.7 Å². The molecular weight excluding hydrogens is 368 g/mol. The first-order valence-electron chi connectivity index (χ1n) is 9.73. The van der Waals surface area contributed by atoms with E-state index in [1.165, 1.54) is 5.56 Å². The molecule has 0 spiro atoms. The number of esters is 1. The number of carbonyl (C=O) groups is 1. The highest BCUT2D eigenvalue weighted by atomic mass is 32.2. The zero-order valence-corrected chi connectivity index (χ0v) is 17.0. The Labute approximate surface area is 169 Å². The molecule has 1 heterocycles. The van der Waals surface area contributed by atoms with Gasteiger partial charge in [-0.1, -0.05) is 60.5 Å². The standard InChI is InChI=1S/C23H24N2O2S/c1-16-12-14-20(15-13-16)28-21-17(2)24-25(19-10-4-3-5-11-19)22(21)27-23(26)18-8-6-7-9-18/h3-5,10-15,18H,6-9H2,1-2H3. The number of aromatic nitrogens is 2. The average molecular weight is 393 g/mol. The molecule has 144 valence electrons. The van der Waals surface area contributed by atoms with Crippen molar-refractivity contribution in [2.24, 2.45) is 5.92 Å². The molecule has 28 heavy (non-hydrogen) atoms. The van der Waals surface area contributed by atoms with Crippen LogP contribution in [0.1, 0.15) is 36.9 Å². The van der Waals surface area contributed by atoms with E-state index in [-0.39, 0.29) is 11.9 Å². The summed E-state index contributed by atoms with van der Waals surface area (Å²) in [6.07, 6.45) is 4.03. The third kappa shape index (κ3) is 3.99.